The number of rotatable bonds is 7. The third-order valence-electron chi connectivity index (χ3n) is 6.06. The van der Waals surface area contributed by atoms with E-state index in [0.29, 0.717) is 34.3 Å². The Morgan fingerprint density at radius 1 is 1.16 bits per heavy atom. The summed E-state index contributed by atoms with van der Waals surface area (Å²) in [5.74, 6) is -0.847. The molecular formula is C27H27ClN4O5. The predicted octanol–water partition coefficient (Wildman–Crippen LogP) is 4.22. The number of halogens is 1. The van der Waals surface area contributed by atoms with Crippen LogP contribution in [0.3, 0.4) is 0 Å². The van der Waals surface area contributed by atoms with Crippen molar-refractivity contribution in [3.05, 3.63) is 76.6 Å². The number of amides is 2. The number of ether oxygens (including phenoxy) is 2. The summed E-state index contributed by atoms with van der Waals surface area (Å²) in [5, 5.41) is 7.61. The molecule has 2 amide bonds. The van der Waals surface area contributed by atoms with Crippen LogP contribution in [-0.4, -0.2) is 46.8 Å². The Balaban J connectivity index is 1.43. The predicted molar refractivity (Wildman–Crippen MR) is 141 cm³/mol. The fourth-order valence-electron chi connectivity index (χ4n) is 4.10. The molecule has 2 heterocycles. The molecule has 1 aliphatic rings. The van der Waals surface area contributed by atoms with Crippen LogP contribution in [0.4, 0.5) is 11.4 Å². The lowest BCUT2D eigenvalue weighted by molar-refractivity contribution is -0.143. The smallest absolute Gasteiger partial charge is 0.331 e. The Morgan fingerprint density at radius 3 is 2.68 bits per heavy atom. The summed E-state index contributed by atoms with van der Waals surface area (Å²) in [4.78, 5) is 39.4. The SMILES string of the molecule is COc1cccc(Cn2nc(C)c(C=CC(=O)OCC(=O)N3c4ccccc4NC(=O)C3(C)C)c2Cl)c1. The van der Waals surface area contributed by atoms with Gasteiger partial charge in [-0.1, -0.05) is 35.9 Å². The summed E-state index contributed by atoms with van der Waals surface area (Å²) in [6.07, 6.45) is 2.70. The van der Waals surface area contributed by atoms with Gasteiger partial charge in [0.05, 0.1) is 30.7 Å². The van der Waals surface area contributed by atoms with E-state index in [1.54, 1.807) is 56.8 Å². The third kappa shape index (κ3) is 5.36. The number of carbonyl (C=O) groups excluding carboxylic acids is 3. The largest absolute Gasteiger partial charge is 0.497 e. The number of fused-ring (bicyclic) bond motifs is 1. The summed E-state index contributed by atoms with van der Waals surface area (Å²) in [6.45, 7) is 4.93. The molecule has 0 spiro atoms. The van der Waals surface area contributed by atoms with Gasteiger partial charge in [0.25, 0.3) is 5.91 Å². The number of esters is 1. The molecule has 9 nitrogen and oxygen atoms in total. The van der Waals surface area contributed by atoms with E-state index >= 15 is 0 Å². The molecule has 4 rings (SSSR count). The van der Waals surface area contributed by atoms with Crippen molar-refractivity contribution >= 4 is 46.8 Å². The molecule has 3 aromatic rings. The first kappa shape index (κ1) is 26.0. The monoisotopic (exact) mass is 522 g/mol. The van der Waals surface area contributed by atoms with E-state index in [2.05, 4.69) is 10.4 Å². The molecule has 0 unspecified atom stereocenters. The number of aryl methyl sites for hydroxylation is 1. The fraction of sp³-hybridized carbons (Fsp3) is 0.259. The van der Waals surface area contributed by atoms with Gasteiger partial charge in [0, 0.05) is 11.6 Å². The van der Waals surface area contributed by atoms with E-state index in [1.165, 1.54) is 17.1 Å². The van der Waals surface area contributed by atoms with E-state index in [9.17, 15) is 14.4 Å². The fourth-order valence-corrected chi connectivity index (χ4v) is 4.40. The highest BCUT2D eigenvalue weighted by molar-refractivity contribution is 6.31. The van der Waals surface area contributed by atoms with Crippen LogP contribution in [-0.2, 0) is 25.7 Å². The Kier molecular flexibility index (Phi) is 7.35. The number of para-hydroxylation sites is 2. The molecule has 0 fully saturated rings. The van der Waals surface area contributed by atoms with Crippen molar-refractivity contribution in [1.29, 1.82) is 0 Å². The lowest BCUT2D eigenvalue weighted by Crippen LogP contribution is -2.59. The minimum atomic E-state index is -1.16. The summed E-state index contributed by atoms with van der Waals surface area (Å²) < 4.78 is 12.1. The maximum absolute atomic E-state index is 13.0. The molecule has 0 bridgehead atoms. The number of nitrogens with one attached hydrogen (secondary N) is 1. The van der Waals surface area contributed by atoms with E-state index in [-0.39, 0.29) is 5.91 Å². The van der Waals surface area contributed by atoms with Gasteiger partial charge in [-0.3, -0.25) is 14.5 Å². The van der Waals surface area contributed by atoms with Gasteiger partial charge in [-0.05, 0) is 56.7 Å². The van der Waals surface area contributed by atoms with E-state index in [0.717, 1.165) is 11.3 Å². The first-order chi connectivity index (χ1) is 17.6. The highest BCUT2D eigenvalue weighted by atomic mass is 35.5. The molecular weight excluding hydrogens is 496 g/mol. The Morgan fingerprint density at radius 2 is 1.92 bits per heavy atom. The quantitative estimate of drug-likeness (QED) is 0.368. The second kappa shape index (κ2) is 10.5. The molecule has 0 saturated carbocycles. The molecule has 0 saturated heterocycles. The minimum Gasteiger partial charge on any atom is -0.497 e. The second-order valence-corrected chi connectivity index (χ2v) is 9.36. The number of aromatic nitrogens is 2. The van der Waals surface area contributed by atoms with Gasteiger partial charge >= 0.3 is 5.97 Å². The summed E-state index contributed by atoms with van der Waals surface area (Å²) in [7, 11) is 1.60. The zero-order chi connectivity index (χ0) is 26.7. The van der Waals surface area contributed by atoms with E-state index in [1.807, 2.05) is 24.3 Å². The molecule has 1 aliphatic heterocycles. The number of hydrogen-bond donors (Lipinski definition) is 1. The van der Waals surface area contributed by atoms with Gasteiger partial charge in [0.15, 0.2) is 6.61 Å². The van der Waals surface area contributed by atoms with Crippen molar-refractivity contribution < 1.29 is 23.9 Å². The van der Waals surface area contributed by atoms with Crippen molar-refractivity contribution in [2.24, 2.45) is 0 Å². The lowest BCUT2D eigenvalue weighted by atomic mass is 9.96. The summed E-state index contributed by atoms with van der Waals surface area (Å²) in [6, 6.07) is 14.5. The number of nitrogens with zero attached hydrogens (tertiary/aromatic N) is 3. The lowest BCUT2D eigenvalue weighted by Gasteiger charge is -2.41. The Labute approximate surface area is 219 Å². The molecule has 192 valence electrons. The maximum atomic E-state index is 13.0. The highest BCUT2D eigenvalue weighted by Gasteiger charge is 2.43. The number of anilines is 2. The summed E-state index contributed by atoms with van der Waals surface area (Å²) >= 11 is 6.53. The topological polar surface area (TPSA) is 103 Å². The van der Waals surface area contributed by atoms with Crippen molar-refractivity contribution in [2.75, 3.05) is 23.9 Å². The Bertz CT molecular complexity index is 1400. The second-order valence-electron chi connectivity index (χ2n) is 9.00. The van der Waals surface area contributed by atoms with Crippen LogP contribution in [0.25, 0.3) is 6.08 Å². The normalized spacial score (nSPS) is 14.3. The zero-order valence-electron chi connectivity index (χ0n) is 20.9. The molecule has 1 aromatic heterocycles. The first-order valence-corrected chi connectivity index (χ1v) is 11.9. The molecule has 1 N–H and O–H groups in total. The molecule has 10 heteroatoms. The average Bonchev–Trinajstić information content (AvgIpc) is 3.13. The van der Waals surface area contributed by atoms with Crippen LogP contribution in [0.2, 0.25) is 5.15 Å². The standard InChI is InChI=1S/C27H27ClN4O5/c1-17-20(25(28)31(30-17)15-18-8-7-9-19(14-18)36-4)12-13-24(34)37-16-23(33)32-22-11-6-5-10-21(22)29-26(35)27(32,2)3/h5-14H,15-16H2,1-4H3,(H,29,35). The van der Waals surface area contributed by atoms with Crippen molar-refractivity contribution in [1.82, 2.24) is 9.78 Å². The zero-order valence-corrected chi connectivity index (χ0v) is 21.7. The van der Waals surface area contributed by atoms with E-state index < -0.39 is 24.0 Å². The van der Waals surface area contributed by atoms with Crippen LogP contribution in [0, 0.1) is 6.92 Å². The molecule has 0 atom stereocenters. The number of benzene rings is 2. The van der Waals surface area contributed by atoms with Gasteiger partial charge in [-0.15, -0.1) is 0 Å². The van der Waals surface area contributed by atoms with Crippen molar-refractivity contribution in [3.8, 4) is 5.75 Å². The molecule has 0 radical (unpaired) electrons. The van der Waals surface area contributed by atoms with Crippen LogP contribution >= 0.6 is 11.6 Å². The van der Waals surface area contributed by atoms with Gasteiger partial charge in [0.2, 0.25) is 5.91 Å². The van der Waals surface area contributed by atoms with Crippen LogP contribution < -0.4 is 15.0 Å². The third-order valence-corrected chi connectivity index (χ3v) is 6.46. The number of carbonyl (C=O) groups is 3. The Hall–Kier alpha value is -4.11. The molecule has 0 aliphatic carbocycles. The maximum Gasteiger partial charge on any atom is 0.331 e. The van der Waals surface area contributed by atoms with Crippen LogP contribution in [0.5, 0.6) is 5.75 Å². The molecule has 37 heavy (non-hydrogen) atoms. The number of methoxy groups -OCH3 is 1. The van der Waals surface area contributed by atoms with Crippen LogP contribution in [0.1, 0.15) is 30.7 Å². The van der Waals surface area contributed by atoms with Gasteiger partial charge < -0.3 is 14.8 Å². The highest BCUT2D eigenvalue weighted by Crippen LogP contribution is 2.36. The first-order valence-electron chi connectivity index (χ1n) is 11.6. The number of hydrogen-bond acceptors (Lipinski definition) is 6. The average molecular weight is 523 g/mol. The van der Waals surface area contributed by atoms with Gasteiger partial charge in [-0.25, -0.2) is 9.48 Å². The minimum absolute atomic E-state index is 0.332. The van der Waals surface area contributed by atoms with Crippen molar-refractivity contribution in [3.63, 3.8) is 0 Å². The van der Waals surface area contributed by atoms with Gasteiger partial charge in [0.1, 0.15) is 16.4 Å². The van der Waals surface area contributed by atoms with Crippen LogP contribution in [0.15, 0.2) is 54.6 Å². The van der Waals surface area contributed by atoms with Crippen molar-refractivity contribution in [2.45, 2.75) is 32.9 Å². The van der Waals surface area contributed by atoms with Gasteiger partial charge in [-0.2, -0.15) is 5.10 Å². The molecule has 2 aromatic carbocycles. The summed E-state index contributed by atoms with van der Waals surface area (Å²) in [5.41, 5.74) is 2.04. The van der Waals surface area contributed by atoms with E-state index in [4.69, 9.17) is 21.1 Å².